The Morgan fingerprint density at radius 3 is 2.43 bits per heavy atom. The van der Waals surface area contributed by atoms with Gasteiger partial charge in [-0.2, -0.15) is 5.10 Å². The van der Waals surface area contributed by atoms with Crippen LogP contribution >= 0.6 is 0 Å². The number of carbonyl (C=O) groups is 1. The van der Waals surface area contributed by atoms with E-state index in [1.165, 1.54) is 12.3 Å². The number of hydrogen-bond acceptors (Lipinski definition) is 7. The fourth-order valence-electron chi connectivity index (χ4n) is 3.63. The van der Waals surface area contributed by atoms with E-state index in [-0.39, 0.29) is 5.56 Å². The fraction of sp³-hybridized carbons (Fsp3) is 0.579. The van der Waals surface area contributed by atoms with Crippen molar-refractivity contribution in [3.05, 3.63) is 35.6 Å². The van der Waals surface area contributed by atoms with Crippen LogP contribution in [-0.2, 0) is 28.5 Å². The first kappa shape index (κ1) is 19.4. The number of nitrogens with one attached hydrogen (secondary N) is 1. The molecule has 4 rings (SSSR count). The summed E-state index contributed by atoms with van der Waals surface area (Å²) in [7, 11) is 0. The topological polar surface area (TPSA) is 87.6 Å². The molecule has 3 aliphatic heterocycles. The van der Waals surface area contributed by atoms with E-state index in [9.17, 15) is 9.18 Å². The summed E-state index contributed by atoms with van der Waals surface area (Å²) >= 11 is 0. The normalized spacial score (nSPS) is 35.5. The second kappa shape index (κ2) is 6.85. The van der Waals surface area contributed by atoms with Crippen molar-refractivity contribution < 1.29 is 32.9 Å². The molecule has 3 saturated heterocycles. The van der Waals surface area contributed by atoms with Crippen LogP contribution in [-0.4, -0.2) is 54.4 Å². The zero-order chi connectivity index (χ0) is 20.1. The van der Waals surface area contributed by atoms with Crippen LogP contribution in [0.1, 0.15) is 33.3 Å². The smallest absolute Gasteiger partial charge is 0.272 e. The van der Waals surface area contributed by atoms with Gasteiger partial charge in [-0.3, -0.25) is 4.79 Å². The number of nitrogens with zero attached hydrogens (tertiary/aromatic N) is 1. The second-order valence-corrected chi connectivity index (χ2v) is 7.85. The van der Waals surface area contributed by atoms with Crippen molar-refractivity contribution in [1.82, 2.24) is 5.43 Å². The van der Waals surface area contributed by atoms with Crippen LogP contribution in [0.25, 0.3) is 0 Å². The van der Waals surface area contributed by atoms with Gasteiger partial charge >= 0.3 is 0 Å². The summed E-state index contributed by atoms with van der Waals surface area (Å²) in [6, 6.07) is 6.10. The summed E-state index contributed by atoms with van der Waals surface area (Å²) in [5.74, 6) is -2.76. The average molecular weight is 394 g/mol. The van der Waals surface area contributed by atoms with E-state index in [0.29, 0.717) is 0 Å². The van der Waals surface area contributed by atoms with Gasteiger partial charge in [-0.05, 0) is 33.8 Å². The first-order chi connectivity index (χ1) is 13.2. The van der Waals surface area contributed by atoms with E-state index < -0.39 is 54.0 Å². The first-order valence-corrected chi connectivity index (χ1v) is 9.09. The van der Waals surface area contributed by atoms with Crippen LogP contribution in [0.3, 0.4) is 0 Å². The summed E-state index contributed by atoms with van der Waals surface area (Å²) < 4.78 is 43.0. The minimum absolute atomic E-state index is 0.251. The largest absolute Gasteiger partial charge is 0.342 e. The fourth-order valence-corrected chi connectivity index (χ4v) is 3.63. The molecule has 0 spiro atoms. The lowest BCUT2D eigenvalue weighted by atomic mass is 9.98. The van der Waals surface area contributed by atoms with Gasteiger partial charge < -0.3 is 23.7 Å². The molecule has 0 aliphatic carbocycles. The SMILES string of the molecule is CC1(C)O[C@H]2[C@@H](O1)[C@H](C(=O)N/N=C\c1ccccc1F)O[C@@H]1OC(C)(C)O[C@@H]12. The highest BCUT2D eigenvalue weighted by Crippen LogP contribution is 2.44. The molecule has 0 saturated carbocycles. The lowest BCUT2D eigenvalue weighted by Crippen LogP contribution is -2.59. The van der Waals surface area contributed by atoms with Gasteiger partial charge in [0.05, 0.1) is 6.21 Å². The molecular formula is C19H23FN2O6. The second-order valence-electron chi connectivity index (χ2n) is 7.85. The summed E-state index contributed by atoms with van der Waals surface area (Å²) in [5.41, 5.74) is 2.63. The summed E-state index contributed by atoms with van der Waals surface area (Å²) in [6.45, 7) is 7.04. The van der Waals surface area contributed by atoms with Gasteiger partial charge in [-0.1, -0.05) is 18.2 Å². The third-order valence-corrected chi connectivity index (χ3v) is 4.70. The Labute approximate surface area is 161 Å². The van der Waals surface area contributed by atoms with Crippen LogP contribution in [0.4, 0.5) is 4.39 Å². The van der Waals surface area contributed by atoms with Crippen molar-refractivity contribution in [2.75, 3.05) is 0 Å². The van der Waals surface area contributed by atoms with E-state index in [1.54, 1.807) is 45.9 Å². The molecule has 28 heavy (non-hydrogen) atoms. The van der Waals surface area contributed by atoms with Crippen molar-refractivity contribution >= 4 is 12.1 Å². The molecule has 3 aliphatic rings. The lowest BCUT2D eigenvalue weighted by molar-refractivity contribution is -0.231. The van der Waals surface area contributed by atoms with Crippen molar-refractivity contribution in [3.63, 3.8) is 0 Å². The quantitative estimate of drug-likeness (QED) is 0.620. The minimum atomic E-state index is -1.02. The molecule has 3 fully saturated rings. The monoisotopic (exact) mass is 394 g/mol. The molecule has 8 nitrogen and oxygen atoms in total. The Morgan fingerprint density at radius 1 is 1.04 bits per heavy atom. The Hall–Kier alpha value is -1.91. The third kappa shape index (κ3) is 3.68. The number of fused-ring (bicyclic) bond motifs is 3. The zero-order valence-electron chi connectivity index (χ0n) is 16.0. The number of ether oxygens (including phenoxy) is 5. The van der Waals surface area contributed by atoms with Crippen molar-refractivity contribution in [1.29, 1.82) is 0 Å². The summed E-state index contributed by atoms with van der Waals surface area (Å²) in [5, 5.41) is 3.83. The standard InChI is InChI=1S/C19H23FN2O6/c1-18(2)25-12-13(26-18)15-17(28-19(3,4)27-15)24-14(12)16(23)22-21-9-10-7-5-6-8-11(10)20/h5-9,12-15,17H,1-4H3,(H,22,23)/b21-9-/t12-,13+,14-,15-,17-/m1/s1. The highest BCUT2D eigenvalue weighted by molar-refractivity contribution is 5.85. The van der Waals surface area contributed by atoms with Crippen molar-refractivity contribution in [2.45, 2.75) is 70.0 Å². The molecule has 0 unspecified atom stereocenters. The number of carbonyl (C=O) groups excluding carboxylic acids is 1. The van der Waals surface area contributed by atoms with Gasteiger partial charge in [0.25, 0.3) is 5.91 Å². The van der Waals surface area contributed by atoms with E-state index in [1.807, 2.05) is 0 Å². The Balaban J connectivity index is 1.50. The third-order valence-electron chi connectivity index (χ3n) is 4.70. The van der Waals surface area contributed by atoms with Crippen LogP contribution < -0.4 is 5.43 Å². The lowest BCUT2D eigenvalue weighted by Gasteiger charge is -2.36. The summed E-state index contributed by atoms with van der Waals surface area (Å²) in [4.78, 5) is 12.7. The molecule has 152 valence electrons. The molecule has 1 aromatic rings. The molecule has 0 radical (unpaired) electrons. The van der Waals surface area contributed by atoms with Gasteiger partial charge in [0.2, 0.25) is 0 Å². The first-order valence-electron chi connectivity index (χ1n) is 9.09. The predicted octanol–water partition coefficient (Wildman–Crippen LogP) is 1.67. The molecule has 1 N–H and O–H groups in total. The van der Waals surface area contributed by atoms with E-state index >= 15 is 0 Å². The molecule has 0 bridgehead atoms. The van der Waals surface area contributed by atoms with Crippen LogP contribution in [0.2, 0.25) is 0 Å². The molecule has 5 atom stereocenters. The Bertz CT molecular complexity index is 798. The number of benzene rings is 1. The van der Waals surface area contributed by atoms with E-state index in [2.05, 4.69) is 10.5 Å². The Kier molecular flexibility index (Phi) is 4.75. The molecule has 1 amide bonds. The molecule has 9 heteroatoms. The average Bonchev–Trinajstić information content (AvgIpc) is 3.09. The Morgan fingerprint density at radius 2 is 1.68 bits per heavy atom. The van der Waals surface area contributed by atoms with E-state index in [0.717, 1.165) is 0 Å². The van der Waals surface area contributed by atoms with Crippen molar-refractivity contribution in [2.24, 2.45) is 5.10 Å². The van der Waals surface area contributed by atoms with Gasteiger partial charge in [-0.15, -0.1) is 0 Å². The van der Waals surface area contributed by atoms with Crippen molar-refractivity contribution in [3.8, 4) is 0 Å². The van der Waals surface area contributed by atoms with Crippen LogP contribution in [0, 0.1) is 5.82 Å². The van der Waals surface area contributed by atoms with Crippen LogP contribution in [0.15, 0.2) is 29.4 Å². The number of amides is 1. The highest BCUT2D eigenvalue weighted by Gasteiger charge is 2.62. The maximum atomic E-state index is 13.7. The minimum Gasteiger partial charge on any atom is -0.342 e. The molecule has 0 aromatic heterocycles. The molecule has 3 heterocycles. The molecular weight excluding hydrogens is 371 g/mol. The summed E-state index contributed by atoms with van der Waals surface area (Å²) in [6.07, 6.45) is -2.33. The van der Waals surface area contributed by atoms with Crippen LogP contribution in [0.5, 0.6) is 0 Å². The highest BCUT2D eigenvalue weighted by atomic mass is 19.1. The van der Waals surface area contributed by atoms with Gasteiger partial charge in [0, 0.05) is 5.56 Å². The van der Waals surface area contributed by atoms with Gasteiger partial charge in [0.15, 0.2) is 24.0 Å². The zero-order valence-corrected chi connectivity index (χ0v) is 16.0. The van der Waals surface area contributed by atoms with Gasteiger partial charge in [-0.25, -0.2) is 9.82 Å². The molecule has 1 aromatic carbocycles. The van der Waals surface area contributed by atoms with Gasteiger partial charge in [0.1, 0.15) is 24.1 Å². The number of hydrazone groups is 1. The maximum Gasteiger partial charge on any atom is 0.272 e. The van der Waals surface area contributed by atoms with E-state index in [4.69, 9.17) is 23.7 Å². The number of hydrogen-bond donors (Lipinski definition) is 1. The predicted molar refractivity (Wildman–Crippen MR) is 94.7 cm³/mol. The maximum absolute atomic E-state index is 13.7. The number of rotatable bonds is 3. The number of halogens is 1.